The molecule has 4 aromatic carbocycles. The predicted octanol–water partition coefficient (Wildman–Crippen LogP) is 4.55. The van der Waals surface area contributed by atoms with E-state index < -0.39 is 14.7 Å². The van der Waals surface area contributed by atoms with Gasteiger partial charge in [0, 0.05) is 0 Å². The van der Waals surface area contributed by atoms with Gasteiger partial charge in [0.25, 0.3) is 0 Å². The fraction of sp³-hybridized carbons (Fsp3) is 0.143. The van der Waals surface area contributed by atoms with E-state index in [0.717, 1.165) is 0 Å². The third kappa shape index (κ3) is 3.95. The summed E-state index contributed by atoms with van der Waals surface area (Å²) in [5, 5.41) is 0. The molecule has 0 spiro atoms. The van der Waals surface area contributed by atoms with Crippen LogP contribution in [0.25, 0.3) is 11.1 Å². The quantitative estimate of drug-likeness (QED) is 0.401. The molecule has 0 aliphatic rings. The Balaban J connectivity index is 2.04. The topological polar surface area (TPSA) is 3.24 Å². The number of aryl methyl sites for hydroxylation is 2. The van der Waals surface area contributed by atoms with Crippen molar-refractivity contribution in [3.63, 3.8) is 0 Å². The second-order valence-electron chi connectivity index (χ2n) is 7.84. The second kappa shape index (κ2) is 8.94. The molecule has 0 unspecified atom stereocenters. The van der Waals surface area contributed by atoms with Crippen molar-refractivity contribution in [2.75, 3.05) is 19.0 Å². The summed E-state index contributed by atoms with van der Waals surface area (Å²) in [6, 6.07) is 35.7. The van der Waals surface area contributed by atoms with Crippen molar-refractivity contribution < 1.29 is 0 Å². The summed E-state index contributed by atoms with van der Waals surface area (Å²) in [6.45, 7) is 4.49. The van der Waals surface area contributed by atoms with Gasteiger partial charge in [-0.2, -0.15) is 0 Å². The van der Waals surface area contributed by atoms with Crippen molar-refractivity contribution >= 4 is 33.4 Å². The van der Waals surface area contributed by atoms with Gasteiger partial charge in [-0.25, -0.2) is 0 Å². The molecular formula is C28H28AsN. The minimum atomic E-state index is -1.73. The van der Waals surface area contributed by atoms with Gasteiger partial charge in [-0.3, -0.25) is 0 Å². The molecule has 0 N–H and O–H groups in total. The average molecular weight is 453 g/mol. The summed E-state index contributed by atoms with van der Waals surface area (Å²) >= 11 is -1.73. The Hall–Kier alpha value is -2.76. The summed E-state index contributed by atoms with van der Waals surface area (Å²) in [7, 11) is 4.28. The standard InChI is InChI=1S/C28H28AsN/c1-21-13-11-19-25(27(21)28-22(2)14-12-20-26(28)30(3)4)29(23-15-7-5-8-16-23)24-17-9-6-10-18-24/h5-20H,1-4H3. The summed E-state index contributed by atoms with van der Waals surface area (Å²) in [5.41, 5.74) is 6.72. The maximum absolute atomic E-state index is 2.37. The van der Waals surface area contributed by atoms with Crippen LogP contribution in [0.15, 0.2) is 97.1 Å². The van der Waals surface area contributed by atoms with Crippen molar-refractivity contribution in [1.29, 1.82) is 0 Å². The van der Waals surface area contributed by atoms with Crippen molar-refractivity contribution in [3.8, 4) is 11.1 Å². The molecule has 0 aromatic heterocycles. The molecule has 4 rings (SSSR count). The molecule has 0 radical (unpaired) electrons. The Bertz CT molecular complexity index is 1090. The summed E-state index contributed by atoms with van der Waals surface area (Å²) < 4.78 is 4.42. The van der Waals surface area contributed by atoms with Gasteiger partial charge in [0.1, 0.15) is 0 Å². The Morgan fingerprint density at radius 3 is 1.57 bits per heavy atom. The van der Waals surface area contributed by atoms with Gasteiger partial charge in [-0.15, -0.1) is 0 Å². The van der Waals surface area contributed by atoms with Crippen molar-refractivity contribution in [1.82, 2.24) is 0 Å². The van der Waals surface area contributed by atoms with Crippen LogP contribution in [0.1, 0.15) is 11.1 Å². The Labute approximate surface area is 185 Å². The van der Waals surface area contributed by atoms with Crippen LogP contribution in [-0.2, 0) is 0 Å². The molecule has 0 atom stereocenters. The van der Waals surface area contributed by atoms with E-state index >= 15 is 0 Å². The van der Waals surface area contributed by atoms with Crippen LogP contribution in [0.5, 0.6) is 0 Å². The van der Waals surface area contributed by atoms with Crippen LogP contribution in [0.3, 0.4) is 0 Å². The van der Waals surface area contributed by atoms with E-state index in [-0.39, 0.29) is 0 Å². The Morgan fingerprint density at radius 2 is 1.03 bits per heavy atom. The molecule has 4 aromatic rings. The molecule has 0 aliphatic carbocycles. The maximum atomic E-state index is 2.37. The molecule has 2 heteroatoms. The molecule has 150 valence electrons. The number of hydrogen-bond acceptors (Lipinski definition) is 1. The van der Waals surface area contributed by atoms with E-state index in [4.69, 9.17) is 0 Å². The first-order valence-corrected chi connectivity index (χ1v) is 13.2. The molecule has 0 heterocycles. The van der Waals surface area contributed by atoms with Gasteiger partial charge in [-0.1, -0.05) is 0 Å². The third-order valence-corrected chi connectivity index (χ3v) is 10.7. The minimum absolute atomic E-state index is 1.28. The second-order valence-corrected chi connectivity index (χ2v) is 12.4. The molecular weight excluding hydrogens is 425 g/mol. The summed E-state index contributed by atoms with van der Waals surface area (Å²) in [6.07, 6.45) is 0. The molecule has 0 saturated heterocycles. The van der Waals surface area contributed by atoms with E-state index in [1.54, 1.807) is 0 Å². The fourth-order valence-electron chi connectivity index (χ4n) is 4.10. The molecule has 0 fully saturated rings. The van der Waals surface area contributed by atoms with Crippen molar-refractivity contribution in [2.24, 2.45) is 0 Å². The zero-order valence-corrected chi connectivity index (χ0v) is 20.0. The first-order valence-electron chi connectivity index (χ1n) is 10.3. The SMILES string of the molecule is Cc1cccc(N(C)C)c1-c1c(C)cccc1[As](c1ccccc1)c1ccccc1. The third-order valence-electron chi connectivity index (χ3n) is 5.50. The zero-order chi connectivity index (χ0) is 21.1. The van der Waals surface area contributed by atoms with Gasteiger partial charge in [0.15, 0.2) is 0 Å². The van der Waals surface area contributed by atoms with Gasteiger partial charge < -0.3 is 0 Å². The monoisotopic (exact) mass is 453 g/mol. The van der Waals surface area contributed by atoms with E-state index in [0.29, 0.717) is 0 Å². The first-order chi connectivity index (χ1) is 14.6. The Kier molecular flexibility index (Phi) is 6.11. The zero-order valence-electron chi connectivity index (χ0n) is 18.1. The first kappa shape index (κ1) is 20.5. The Morgan fingerprint density at radius 1 is 0.533 bits per heavy atom. The van der Waals surface area contributed by atoms with Crippen LogP contribution < -0.4 is 18.0 Å². The van der Waals surface area contributed by atoms with Crippen molar-refractivity contribution in [2.45, 2.75) is 13.8 Å². The van der Waals surface area contributed by atoms with Gasteiger partial charge in [-0.05, 0) is 0 Å². The normalized spacial score (nSPS) is 11.0. The molecule has 0 saturated carbocycles. The summed E-state index contributed by atoms with van der Waals surface area (Å²) in [5.74, 6) is 0. The van der Waals surface area contributed by atoms with Crippen LogP contribution in [-0.4, -0.2) is 28.7 Å². The molecule has 0 bridgehead atoms. The number of anilines is 1. The van der Waals surface area contributed by atoms with Crippen LogP contribution >= 0.6 is 0 Å². The van der Waals surface area contributed by atoms with E-state index in [2.05, 4.69) is 130 Å². The number of nitrogens with zero attached hydrogens (tertiary/aromatic N) is 1. The molecule has 30 heavy (non-hydrogen) atoms. The van der Waals surface area contributed by atoms with E-state index in [1.165, 1.54) is 41.0 Å². The molecule has 1 nitrogen and oxygen atoms in total. The average Bonchev–Trinajstić information content (AvgIpc) is 2.76. The number of benzene rings is 4. The predicted molar refractivity (Wildman–Crippen MR) is 133 cm³/mol. The van der Waals surface area contributed by atoms with E-state index in [1.807, 2.05) is 0 Å². The van der Waals surface area contributed by atoms with Crippen LogP contribution in [0.2, 0.25) is 0 Å². The molecule has 0 amide bonds. The fourth-order valence-corrected chi connectivity index (χ4v) is 9.43. The van der Waals surface area contributed by atoms with Gasteiger partial charge in [0.05, 0.1) is 0 Å². The summed E-state index contributed by atoms with van der Waals surface area (Å²) in [4.78, 5) is 2.24. The van der Waals surface area contributed by atoms with Gasteiger partial charge >= 0.3 is 186 Å². The van der Waals surface area contributed by atoms with E-state index in [9.17, 15) is 0 Å². The van der Waals surface area contributed by atoms with Gasteiger partial charge in [0.2, 0.25) is 0 Å². The number of rotatable bonds is 5. The number of hydrogen-bond donors (Lipinski definition) is 0. The molecule has 0 aliphatic heterocycles. The van der Waals surface area contributed by atoms with Crippen molar-refractivity contribution in [3.05, 3.63) is 108 Å². The van der Waals surface area contributed by atoms with Crippen LogP contribution in [0, 0.1) is 13.8 Å². The van der Waals surface area contributed by atoms with Crippen LogP contribution in [0.4, 0.5) is 5.69 Å².